The summed E-state index contributed by atoms with van der Waals surface area (Å²) in [5.41, 5.74) is -0.314. The fraction of sp³-hybridized carbons (Fsp3) is 0.786. The van der Waals surface area contributed by atoms with Crippen molar-refractivity contribution >= 4 is 23.1 Å². The molecule has 4 nitrogen and oxygen atoms in total. The van der Waals surface area contributed by atoms with Gasteiger partial charge >= 0.3 is 0 Å². The molecule has 1 aromatic rings. The number of rotatable bonds is 6. The second-order valence-electron chi connectivity index (χ2n) is 5.70. The van der Waals surface area contributed by atoms with Crippen LogP contribution in [-0.4, -0.2) is 27.5 Å². The fourth-order valence-corrected chi connectivity index (χ4v) is 4.92. The number of aryl methyl sites for hydroxylation is 1. The Bertz CT molecular complexity index is 480. The van der Waals surface area contributed by atoms with E-state index < -0.39 is 0 Å². The number of hydrogen-bond acceptors (Lipinski definition) is 6. The van der Waals surface area contributed by atoms with Gasteiger partial charge in [0.2, 0.25) is 0 Å². The monoisotopic (exact) mass is 310 g/mol. The largest absolute Gasteiger partial charge is 0.297 e. The van der Waals surface area contributed by atoms with Crippen LogP contribution in [0.15, 0.2) is 4.34 Å². The van der Waals surface area contributed by atoms with E-state index in [4.69, 9.17) is 0 Å². The molecule has 1 aliphatic rings. The SMILES string of the molecule is Cc1nnc(SCCC2CCCC2(C#N)NC(C)C)s1. The lowest BCUT2D eigenvalue weighted by Gasteiger charge is -2.32. The third-order valence-corrected chi connectivity index (χ3v) is 5.77. The molecular formula is C14H22N4S2. The smallest absolute Gasteiger partial charge is 0.174 e. The standard InChI is InChI=1S/C14H22N4S2/c1-10(2)16-14(9-15)7-4-5-12(14)6-8-19-13-18-17-11(3)20-13/h10,12,16H,4-8H2,1-3H3. The molecule has 1 saturated carbocycles. The first-order valence-corrected chi connectivity index (χ1v) is 8.98. The normalized spacial score (nSPS) is 26.1. The molecule has 0 spiro atoms. The number of hydrogen-bond donors (Lipinski definition) is 1. The summed E-state index contributed by atoms with van der Waals surface area (Å²) in [6.07, 6.45) is 4.36. The molecule has 2 atom stereocenters. The van der Waals surface area contributed by atoms with Gasteiger partial charge in [-0.15, -0.1) is 10.2 Å². The van der Waals surface area contributed by atoms with Gasteiger partial charge in [0.05, 0.1) is 6.07 Å². The van der Waals surface area contributed by atoms with E-state index in [2.05, 4.69) is 35.4 Å². The second-order valence-corrected chi connectivity index (χ2v) is 8.22. The minimum atomic E-state index is -0.314. The molecule has 2 unspecified atom stereocenters. The lowest BCUT2D eigenvalue weighted by Crippen LogP contribution is -2.50. The third kappa shape index (κ3) is 3.72. The van der Waals surface area contributed by atoms with Crippen LogP contribution in [0.4, 0.5) is 0 Å². The number of nitrogens with zero attached hydrogens (tertiary/aromatic N) is 3. The van der Waals surface area contributed by atoms with E-state index in [1.54, 1.807) is 23.1 Å². The first kappa shape index (κ1) is 15.7. The second kappa shape index (κ2) is 6.88. The maximum atomic E-state index is 9.62. The first-order valence-electron chi connectivity index (χ1n) is 7.17. The molecule has 6 heteroatoms. The summed E-state index contributed by atoms with van der Waals surface area (Å²) in [4.78, 5) is 0. The number of thioether (sulfide) groups is 1. The summed E-state index contributed by atoms with van der Waals surface area (Å²) in [6, 6.07) is 2.92. The summed E-state index contributed by atoms with van der Waals surface area (Å²) in [7, 11) is 0. The Morgan fingerprint density at radius 2 is 2.35 bits per heavy atom. The summed E-state index contributed by atoms with van der Waals surface area (Å²) in [5.74, 6) is 1.47. The summed E-state index contributed by atoms with van der Waals surface area (Å²) in [6.45, 7) is 6.21. The van der Waals surface area contributed by atoms with Gasteiger partial charge in [0, 0.05) is 11.8 Å². The number of nitriles is 1. The fourth-order valence-electron chi connectivity index (χ4n) is 2.98. The van der Waals surface area contributed by atoms with Gasteiger partial charge in [0.15, 0.2) is 4.34 Å². The zero-order valence-corrected chi connectivity index (χ0v) is 14.0. The summed E-state index contributed by atoms with van der Waals surface area (Å²) in [5, 5.41) is 22.3. The minimum absolute atomic E-state index is 0.314. The van der Waals surface area contributed by atoms with Gasteiger partial charge in [-0.25, -0.2) is 0 Å². The van der Waals surface area contributed by atoms with Crippen LogP contribution in [-0.2, 0) is 0 Å². The Morgan fingerprint density at radius 3 is 2.95 bits per heavy atom. The molecule has 20 heavy (non-hydrogen) atoms. The molecular weight excluding hydrogens is 288 g/mol. The molecule has 0 amide bonds. The quantitative estimate of drug-likeness (QED) is 0.816. The van der Waals surface area contributed by atoms with E-state index >= 15 is 0 Å². The molecule has 110 valence electrons. The van der Waals surface area contributed by atoms with Crippen LogP contribution in [0.1, 0.15) is 44.5 Å². The molecule has 1 aromatic heterocycles. The van der Waals surface area contributed by atoms with E-state index in [-0.39, 0.29) is 5.54 Å². The van der Waals surface area contributed by atoms with Gasteiger partial charge in [-0.2, -0.15) is 5.26 Å². The minimum Gasteiger partial charge on any atom is -0.297 e. The highest BCUT2D eigenvalue weighted by molar-refractivity contribution is 8.01. The molecule has 1 aliphatic carbocycles. The molecule has 0 bridgehead atoms. The van der Waals surface area contributed by atoms with Gasteiger partial charge in [0.25, 0.3) is 0 Å². The van der Waals surface area contributed by atoms with E-state index in [1.165, 1.54) is 0 Å². The Morgan fingerprint density at radius 1 is 1.55 bits per heavy atom. The van der Waals surface area contributed by atoms with Crippen molar-refractivity contribution in [1.29, 1.82) is 5.26 Å². The van der Waals surface area contributed by atoms with E-state index in [9.17, 15) is 5.26 Å². The van der Waals surface area contributed by atoms with Crippen LogP contribution in [0.5, 0.6) is 0 Å². The van der Waals surface area contributed by atoms with Crippen LogP contribution in [0.2, 0.25) is 0 Å². The van der Waals surface area contributed by atoms with Crippen molar-refractivity contribution in [3.05, 3.63) is 5.01 Å². The number of aromatic nitrogens is 2. The van der Waals surface area contributed by atoms with Crippen molar-refractivity contribution in [1.82, 2.24) is 15.5 Å². The lowest BCUT2D eigenvalue weighted by atomic mass is 9.86. The molecule has 0 radical (unpaired) electrons. The highest BCUT2D eigenvalue weighted by Crippen LogP contribution is 2.39. The van der Waals surface area contributed by atoms with Crippen molar-refractivity contribution < 1.29 is 0 Å². The van der Waals surface area contributed by atoms with Crippen LogP contribution in [0, 0.1) is 24.2 Å². The lowest BCUT2D eigenvalue weighted by molar-refractivity contribution is 0.289. The van der Waals surface area contributed by atoms with Gasteiger partial charge in [-0.05, 0) is 46.0 Å². The highest BCUT2D eigenvalue weighted by Gasteiger charge is 2.42. The van der Waals surface area contributed by atoms with Crippen molar-refractivity contribution in [2.75, 3.05) is 5.75 Å². The molecule has 0 aliphatic heterocycles. The Balaban J connectivity index is 1.89. The van der Waals surface area contributed by atoms with Gasteiger partial charge in [-0.1, -0.05) is 29.5 Å². The average molecular weight is 310 g/mol. The summed E-state index contributed by atoms with van der Waals surface area (Å²) >= 11 is 3.41. The van der Waals surface area contributed by atoms with E-state index in [0.717, 1.165) is 40.8 Å². The predicted molar refractivity (Wildman–Crippen MR) is 83.9 cm³/mol. The molecule has 1 fully saturated rings. The van der Waals surface area contributed by atoms with Gasteiger partial charge < -0.3 is 0 Å². The van der Waals surface area contributed by atoms with Crippen LogP contribution in [0.3, 0.4) is 0 Å². The van der Waals surface area contributed by atoms with Crippen LogP contribution < -0.4 is 5.32 Å². The predicted octanol–water partition coefficient (Wildman–Crippen LogP) is 3.39. The Labute approximate surface area is 129 Å². The zero-order valence-electron chi connectivity index (χ0n) is 12.3. The van der Waals surface area contributed by atoms with Crippen molar-refractivity contribution in [3.8, 4) is 6.07 Å². The van der Waals surface area contributed by atoms with Crippen molar-refractivity contribution in [2.24, 2.45) is 5.92 Å². The Kier molecular flexibility index (Phi) is 5.42. The van der Waals surface area contributed by atoms with Gasteiger partial charge in [-0.3, -0.25) is 5.32 Å². The highest BCUT2D eigenvalue weighted by atomic mass is 32.2. The van der Waals surface area contributed by atoms with Crippen LogP contribution in [0.25, 0.3) is 0 Å². The molecule has 1 heterocycles. The maximum Gasteiger partial charge on any atom is 0.174 e. The van der Waals surface area contributed by atoms with E-state index in [0.29, 0.717) is 12.0 Å². The third-order valence-electron chi connectivity index (χ3n) is 3.77. The molecule has 1 N–H and O–H groups in total. The topological polar surface area (TPSA) is 61.6 Å². The number of nitrogens with one attached hydrogen (secondary N) is 1. The van der Waals surface area contributed by atoms with Gasteiger partial charge in [0.1, 0.15) is 10.5 Å². The molecule has 2 rings (SSSR count). The van der Waals surface area contributed by atoms with Crippen molar-refractivity contribution in [3.63, 3.8) is 0 Å². The first-order chi connectivity index (χ1) is 9.55. The van der Waals surface area contributed by atoms with Crippen LogP contribution >= 0.6 is 23.1 Å². The average Bonchev–Trinajstić information content (AvgIpc) is 2.97. The maximum absolute atomic E-state index is 9.62. The zero-order chi connectivity index (χ0) is 14.6. The molecule has 0 aromatic carbocycles. The van der Waals surface area contributed by atoms with Crippen molar-refractivity contribution in [2.45, 2.75) is 62.4 Å². The Hall–Kier alpha value is -0.640. The molecule has 0 saturated heterocycles. The van der Waals surface area contributed by atoms with E-state index in [1.807, 2.05) is 6.92 Å². The summed E-state index contributed by atoms with van der Waals surface area (Å²) < 4.78 is 1.04.